The fourth-order valence-electron chi connectivity index (χ4n) is 4.55. The van der Waals surface area contributed by atoms with Crippen molar-refractivity contribution < 1.29 is 19.7 Å². The second-order valence-corrected chi connectivity index (χ2v) is 11.8. The summed E-state index contributed by atoms with van der Waals surface area (Å²) in [5.41, 5.74) is 4.43. The molecule has 4 rings (SSSR count). The van der Waals surface area contributed by atoms with Crippen LogP contribution in [-0.4, -0.2) is 53.3 Å². The first-order chi connectivity index (χ1) is 17.0. The van der Waals surface area contributed by atoms with Gasteiger partial charge in [-0.25, -0.2) is 4.98 Å². The van der Waals surface area contributed by atoms with Gasteiger partial charge in [0.15, 0.2) is 0 Å². The number of hydrogen-bond acceptors (Lipinski definition) is 6. The van der Waals surface area contributed by atoms with Gasteiger partial charge in [-0.15, -0.1) is 24.8 Å². The SMILES string of the molecule is CC(C)(C)c1cc(-c2nc(CCOc3ccc(CN4CCNCC4)cc3)co2)cc(C(C)(C)C)c1O.Cl.Cl.O. The highest BCUT2D eigenvalue weighted by Crippen LogP contribution is 2.41. The average molecular weight is 583 g/mol. The second-order valence-electron chi connectivity index (χ2n) is 11.8. The number of rotatable bonds is 7. The molecule has 9 heteroatoms. The highest BCUT2D eigenvalue weighted by atomic mass is 35.5. The van der Waals surface area contributed by atoms with E-state index in [2.05, 4.69) is 63.9 Å². The first kappa shape index (κ1) is 34.7. The number of nitrogens with one attached hydrogen (secondary N) is 1. The maximum atomic E-state index is 11.0. The Labute approximate surface area is 245 Å². The molecule has 0 atom stereocenters. The van der Waals surface area contributed by atoms with Gasteiger partial charge < -0.3 is 25.1 Å². The molecule has 0 spiro atoms. The van der Waals surface area contributed by atoms with E-state index in [4.69, 9.17) is 14.1 Å². The first-order valence-corrected chi connectivity index (χ1v) is 13.0. The number of aromatic nitrogens is 1. The molecule has 4 N–H and O–H groups in total. The Bertz CT molecular complexity index is 1130. The molecule has 1 aromatic heterocycles. The molecule has 218 valence electrons. The Balaban J connectivity index is 0.00000253. The summed E-state index contributed by atoms with van der Waals surface area (Å²) < 4.78 is 11.8. The molecule has 0 aliphatic carbocycles. The molecule has 0 saturated carbocycles. The van der Waals surface area contributed by atoms with Gasteiger partial charge in [0.1, 0.15) is 17.8 Å². The fourth-order valence-corrected chi connectivity index (χ4v) is 4.55. The monoisotopic (exact) mass is 581 g/mol. The molecule has 39 heavy (non-hydrogen) atoms. The van der Waals surface area contributed by atoms with Gasteiger partial charge in [-0.2, -0.15) is 0 Å². The number of aromatic hydroxyl groups is 1. The van der Waals surface area contributed by atoms with Crippen LogP contribution in [0, 0.1) is 0 Å². The molecule has 2 aromatic carbocycles. The molecule has 1 fully saturated rings. The molecular weight excluding hydrogens is 537 g/mol. The van der Waals surface area contributed by atoms with Crippen molar-refractivity contribution >= 4 is 24.8 Å². The predicted octanol–water partition coefficient (Wildman–Crippen LogP) is 5.69. The van der Waals surface area contributed by atoms with Crippen LogP contribution in [0.2, 0.25) is 0 Å². The van der Waals surface area contributed by atoms with E-state index >= 15 is 0 Å². The van der Waals surface area contributed by atoms with Crippen LogP contribution in [0.3, 0.4) is 0 Å². The maximum absolute atomic E-state index is 11.0. The zero-order valence-electron chi connectivity index (χ0n) is 24.0. The molecular formula is C30H45Cl2N3O4. The summed E-state index contributed by atoms with van der Waals surface area (Å²) >= 11 is 0. The minimum absolute atomic E-state index is 0. The molecule has 1 saturated heterocycles. The van der Waals surface area contributed by atoms with E-state index in [1.807, 2.05) is 24.3 Å². The van der Waals surface area contributed by atoms with Gasteiger partial charge >= 0.3 is 0 Å². The van der Waals surface area contributed by atoms with Crippen molar-refractivity contribution in [3.05, 3.63) is 65.0 Å². The Hall–Kier alpha value is -2.29. The third kappa shape index (κ3) is 9.12. The number of benzene rings is 2. The van der Waals surface area contributed by atoms with Crippen LogP contribution < -0.4 is 10.1 Å². The lowest BCUT2D eigenvalue weighted by Crippen LogP contribution is -2.42. The lowest BCUT2D eigenvalue weighted by Gasteiger charge is -2.27. The minimum atomic E-state index is -0.204. The van der Waals surface area contributed by atoms with E-state index in [0.717, 1.165) is 60.9 Å². The normalized spacial score (nSPS) is 14.1. The number of phenols is 1. The molecule has 1 aliphatic rings. The molecule has 0 radical (unpaired) electrons. The number of ether oxygens (including phenoxy) is 1. The predicted molar refractivity (Wildman–Crippen MR) is 163 cm³/mol. The minimum Gasteiger partial charge on any atom is -0.507 e. The number of nitrogens with zero attached hydrogens (tertiary/aromatic N) is 2. The highest BCUT2D eigenvalue weighted by Gasteiger charge is 2.27. The topological polar surface area (TPSA) is 102 Å². The number of hydrogen-bond donors (Lipinski definition) is 2. The smallest absolute Gasteiger partial charge is 0.226 e. The first-order valence-electron chi connectivity index (χ1n) is 13.0. The zero-order valence-corrected chi connectivity index (χ0v) is 25.6. The van der Waals surface area contributed by atoms with Crippen molar-refractivity contribution in [3.63, 3.8) is 0 Å². The molecule has 3 aromatic rings. The molecule has 1 aliphatic heterocycles. The van der Waals surface area contributed by atoms with E-state index in [1.54, 1.807) is 6.26 Å². The van der Waals surface area contributed by atoms with Crippen molar-refractivity contribution in [2.24, 2.45) is 0 Å². The van der Waals surface area contributed by atoms with Crippen LogP contribution in [0.1, 0.15) is 63.9 Å². The van der Waals surface area contributed by atoms with Crippen molar-refractivity contribution in [1.82, 2.24) is 15.2 Å². The van der Waals surface area contributed by atoms with Crippen LogP contribution in [0.25, 0.3) is 11.5 Å². The van der Waals surface area contributed by atoms with Gasteiger partial charge in [0.2, 0.25) is 5.89 Å². The second kappa shape index (κ2) is 14.4. The highest BCUT2D eigenvalue weighted by molar-refractivity contribution is 5.85. The largest absolute Gasteiger partial charge is 0.507 e. The summed E-state index contributed by atoms with van der Waals surface area (Å²) in [6.45, 7) is 18.5. The van der Waals surface area contributed by atoms with Crippen LogP contribution in [0.5, 0.6) is 11.5 Å². The van der Waals surface area contributed by atoms with Crippen molar-refractivity contribution in [2.75, 3.05) is 32.8 Å². The molecule has 7 nitrogen and oxygen atoms in total. The van der Waals surface area contributed by atoms with Gasteiger partial charge in [-0.3, -0.25) is 4.90 Å². The van der Waals surface area contributed by atoms with E-state index in [1.165, 1.54) is 5.56 Å². The standard InChI is InChI=1S/C30H41N3O3.2ClH.H2O/c1-29(2,3)25-17-22(18-26(27(25)34)30(4,5)6)28-32-23(20-36-28)11-16-35-24-9-7-21(8-10-24)19-33-14-12-31-13-15-33;;;/h7-10,17-18,20,31,34H,11-16,19H2,1-6H3;2*1H;1H2. The third-order valence-corrected chi connectivity index (χ3v) is 6.69. The fraction of sp³-hybridized carbons (Fsp3) is 0.500. The molecule has 0 unspecified atom stereocenters. The Morgan fingerprint density at radius 3 is 2.05 bits per heavy atom. The quantitative estimate of drug-likeness (QED) is 0.371. The number of halogens is 2. The zero-order chi connectivity index (χ0) is 25.9. The van der Waals surface area contributed by atoms with Crippen LogP contribution in [-0.2, 0) is 23.8 Å². The van der Waals surface area contributed by atoms with Crippen molar-refractivity contribution in [2.45, 2.75) is 65.3 Å². The van der Waals surface area contributed by atoms with Gasteiger partial charge in [0, 0.05) is 55.8 Å². The Morgan fingerprint density at radius 1 is 0.949 bits per heavy atom. The van der Waals surface area contributed by atoms with E-state index in [9.17, 15) is 5.11 Å². The van der Waals surface area contributed by atoms with Crippen molar-refractivity contribution in [1.29, 1.82) is 0 Å². The summed E-state index contributed by atoms with van der Waals surface area (Å²) in [5, 5.41) is 14.4. The third-order valence-electron chi connectivity index (χ3n) is 6.69. The average Bonchev–Trinajstić information content (AvgIpc) is 3.28. The van der Waals surface area contributed by atoms with Gasteiger partial charge in [0.25, 0.3) is 0 Å². The lowest BCUT2D eigenvalue weighted by atomic mass is 9.78. The van der Waals surface area contributed by atoms with E-state index in [-0.39, 0.29) is 41.1 Å². The van der Waals surface area contributed by atoms with Crippen LogP contribution in [0.4, 0.5) is 0 Å². The van der Waals surface area contributed by atoms with E-state index < -0.39 is 0 Å². The number of piperazine rings is 1. The summed E-state index contributed by atoms with van der Waals surface area (Å²) in [6.07, 6.45) is 2.36. The van der Waals surface area contributed by atoms with Crippen LogP contribution in [0.15, 0.2) is 47.1 Å². The van der Waals surface area contributed by atoms with Gasteiger partial charge in [-0.05, 0) is 40.7 Å². The summed E-state index contributed by atoms with van der Waals surface area (Å²) in [5.74, 6) is 1.79. The molecule has 0 bridgehead atoms. The molecule has 0 amide bonds. The summed E-state index contributed by atoms with van der Waals surface area (Å²) in [6, 6.07) is 12.4. The van der Waals surface area contributed by atoms with Crippen LogP contribution >= 0.6 is 24.8 Å². The summed E-state index contributed by atoms with van der Waals surface area (Å²) in [7, 11) is 0. The van der Waals surface area contributed by atoms with Gasteiger partial charge in [-0.1, -0.05) is 53.7 Å². The number of phenolic OH excluding ortho intramolecular Hbond substituents is 1. The van der Waals surface area contributed by atoms with Crippen molar-refractivity contribution in [3.8, 4) is 23.0 Å². The lowest BCUT2D eigenvalue weighted by molar-refractivity contribution is 0.233. The molecule has 2 heterocycles. The van der Waals surface area contributed by atoms with E-state index in [0.29, 0.717) is 24.7 Å². The maximum Gasteiger partial charge on any atom is 0.226 e. The summed E-state index contributed by atoms with van der Waals surface area (Å²) in [4.78, 5) is 7.20. The number of oxazole rings is 1. The Kier molecular flexibility index (Phi) is 12.8. The van der Waals surface area contributed by atoms with Gasteiger partial charge in [0.05, 0.1) is 12.3 Å². The Morgan fingerprint density at radius 2 is 1.51 bits per heavy atom.